The summed E-state index contributed by atoms with van der Waals surface area (Å²) in [7, 11) is -3.93. The number of hydrogen-bond donors (Lipinski definition) is 1. The van der Waals surface area contributed by atoms with Crippen molar-refractivity contribution in [2.24, 2.45) is 0 Å². The van der Waals surface area contributed by atoms with Crippen molar-refractivity contribution in [2.75, 3.05) is 18.5 Å². The van der Waals surface area contributed by atoms with E-state index in [9.17, 15) is 28.1 Å². The quantitative estimate of drug-likeness (QED) is 0.375. The summed E-state index contributed by atoms with van der Waals surface area (Å²) in [6, 6.07) is 9.70. The second kappa shape index (κ2) is 9.41. The van der Waals surface area contributed by atoms with E-state index in [1.165, 1.54) is 48.5 Å². The summed E-state index contributed by atoms with van der Waals surface area (Å²) in [6.07, 6.45) is 0.747. The molecule has 2 aromatic rings. The maximum absolute atomic E-state index is 12.9. The Morgan fingerprint density at radius 1 is 1.16 bits per heavy atom. The highest BCUT2D eigenvalue weighted by molar-refractivity contribution is 7.89. The number of benzene rings is 2. The molecule has 1 N–H and O–H groups in total. The largest absolute Gasteiger partial charge is 0.454 e. The number of carbonyl (C=O) groups is 2. The Balaban J connectivity index is 1.59. The minimum Gasteiger partial charge on any atom is -0.454 e. The van der Waals surface area contributed by atoms with Crippen LogP contribution >= 0.6 is 11.6 Å². The molecule has 1 aliphatic heterocycles. The lowest BCUT2D eigenvalue weighted by atomic mass is 10.2. The summed E-state index contributed by atoms with van der Waals surface area (Å²) in [5.41, 5.74) is 0.159. The molecule has 1 amide bonds. The molecular formula is C19H18ClN3O7S. The van der Waals surface area contributed by atoms with Crippen molar-refractivity contribution in [3.63, 3.8) is 0 Å². The van der Waals surface area contributed by atoms with Gasteiger partial charge in [0.15, 0.2) is 6.61 Å². The molecule has 1 fully saturated rings. The Labute approximate surface area is 183 Å². The highest BCUT2D eigenvalue weighted by atomic mass is 35.5. The maximum atomic E-state index is 12.9. The fourth-order valence-corrected chi connectivity index (χ4v) is 4.87. The van der Waals surface area contributed by atoms with E-state index < -0.39 is 39.5 Å². The number of ether oxygens (including phenoxy) is 1. The predicted molar refractivity (Wildman–Crippen MR) is 111 cm³/mol. The van der Waals surface area contributed by atoms with Crippen LogP contribution in [0.15, 0.2) is 53.4 Å². The molecule has 1 heterocycles. The van der Waals surface area contributed by atoms with Crippen molar-refractivity contribution in [2.45, 2.75) is 23.8 Å². The molecule has 3 rings (SSSR count). The number of nitro benzene ring substituents is 1. The van der Waals surface area contributed by atoms with Crippen molar-refractivity contribution < 1.29 is 27.7 Å². The Hall–Kier alpha value is -3.02. The van der Waals surface area contributed by atoms with E-state index in [0.717, 1.165) is 4.31 Å². The van der Waals surface area contributed by atoms with Gasteiger partial charge in [0.1, 0.15) is 6.04 Å². The third-order valence-corrected chi connectivity index (χ3v) is 6.78. The second-order valence-electron chi connectivity index (χ2n) is 6.69. The summed E-state index contributed by atoms with van der Waals surface area (Å²) in [5.74, 6) is -1.49. The Morgan fingerprint density at radius 3 is 2.42 bits per heavy atom. The zero-order chi connectivity index (χ0) is 22.6. The fourth-order valence-electron chi connectivity index (χ4n) is 3.10. The number of halogens is 1. The highest BCUT2D eigenvalue weighted by Gasteiger charge is 2.40. The number of nitrogens with one attached hydrogen (secondary N) is 1. The zero-order valence-corrected chi connectivity index (χ0v) is 17.6. The van der Waals surface area contributed by atoms with Crippen LogP contribution in [0.4, 0.5) is 11.4 Å². The molecule has 1 saturated heterocycles. The number of nitrogens with zero attached hydrogens (tertiary/aromatic N) is 2. The minimum atomic E-state index is -3.93. The van der Waals surface area contributed by atoms with Crippen LogP contribution in [0.1, 0.15) is 12.8 Å². The fraction of sp³-hybridized carbons (Fsp3) is 0.263. The topological polar surface area (TPSA) is 136 Å². The molecule has 2 aromatic carbocycles. The summed E-state index contributed by atoms with van der Waals surface area (Å²) < 4.78 is 31.8. The van der Waals surface area contributed by atoms with Crippen LogP contribution in [0.2, 0.25) is 5.02 Å². The second-order valence-corrected chi connectivity index (χ2v) is 9.01. The van der Waals surface area contributed by atoms with Gasteiger partial charge in [-0.2, -0.15) is 4.31 Å². The average molecular weight is 468 g/mol. The van der Waals surface area contributed by atoms with Gasteiger partial charge in [0, 0.05) is 29.4 Å². The first-order valence-electron chi connectivity index (χ1n) is 9.17. The summed E-state index contributed by atoms with van der Waals surface area (Å²) in [5, 5.41) is 13.5. The number of esters is 1. The van der Waals surface area contributed by atoms with Crippen LogP contribution in [0.25, 0.3) is 0 Å². The number of hydrogen-bond acceptors (Lipinski definition) is 7. The van der Waals surface area contributed by atoms with Crippen LogP contribution in [0, 0.1) is 10.1 Å². The standard InChI is InChI=1S/C19H18ClN3O7S/c20-13-3-9-16(10-4-13)31(28,29)22-11-1-2-17(22)19(25)30-12-18(24)21-14-5-7-15(8-6-14)23(26)27/h3-10,17H,1-2,11-12H2,(H,21,24). The number of non-ortho nitro benzene ring substituents is 1. The van der Waals surface area contributed by atoms with E-state index in [4.69, 9.17) is 16.3 Å². The minimum absolute atomic E-state index is 0.00696. The Morgan fingerprint density at radius 2 is 1.81 bits per heavy atom. The molecule has 0 radical (unpaired) electrons. The Bertz CT molecular complexity index is 1090. The lowest BCUT2D eigenvalue weighted by molar-refractivity contribution is -0.384. The first-order chi connectivity index (χ1) is 14.7. The monoisotopic (exact) mass is 467 g/mol. The highest BCUT2D eigenvalue weighted by Crippen LogP contribution is 2.27. The van der Waals surface area contributed by atoms with Gasteiger partial charge in [0.2, 0.25) is 10.0 Å². The lowest BCUT2D eigenvalue weighted by Gasteiger charge is -2.22. The molecule has 0 bridgehead atoms. The lowest BCUT2D eigenvalue weighted by Crippen LogP contribution is -2.42. The van der Waals surface area contributed by atoms with E-state index in [-0.39, 0.29) is 23.5 Å². The van der Waals surface area contributed by atoms with Crippen molar-refractivity contribution in [3.05, 3.63) is 63.7 Å². The molecule has 0 spiro atoms. The van der Waals surface area contributed by atoms with Gasteiger partial charge in [-0.15, -0.1) is 0 Å². The van der Waals surface area contributed by atoms with Crippen molar-refractivity contribution in [1.29, 1.82) is 0 Å². The number of sulfonamides is 1. The first-order valence-corrected chi connectivity index (χ1v) is 11.0. The third kappa shape index (κ3) is 5.37. The molecule has 31 heavy (non-hydrogen) atoms. The average Bonchev–Trinajstić information content (AvgIpc) is 3.24. The number of nitro groups is 1. The zero-order valence-electron chi connectivity index (χ0n) is 16.1. The van der Waals surface area contributed by atoms with Gasteiger partial charge >= 0.3 is 5.97 Å². The van der Waals surface area contributed by atoms with E-state index in [1.807, 2.05) is 0 Å². The smallest absolute Gasteiger partial charge is 0.324 e. The van der Waals surface area contributed by atoms with Gasteiger partial charge in [-0.05, 0) is 49.2 Å². The van der Waals surface area contributed by atoms with Gasteiger partial charge in [-0.25, -0.2) is 8.42 Å². The van der Waals surface area contributed by atoms with E-state index in [2.05, 4.69) is 5.32 Å². The van der Waals surface area contributed by atoms with E-state index in [1.54, 1.807) is 0 Å². The molecule has 1 aliphatic rings. The van der Waals surface area contributed by atoms with Crippen LogP contribution in [0.3, 0.4) is 0 Å². The number of amides is 1. The van der Waals surface area contributed by atoms with Crippen LogP contribution in [0.5, 0.6) is 0 Å². The predicted octanol–water partition coefficient (Wildman–Crippen LogP) is 2.58. The summed E-state index contributed by atoms with van der Waals surface area (Å²) >= 11 is 5.80. The van der Waals surface area contributed by atoms with Gasteiger partial charge in [0.05, 0.1) is 9.82 Å². The van der Waals surface area contributed by atoms with Crippen molar-refractivity contribution in [1.82, 2.24) is 4.31 Å². The number of anilines is 1. The normalized spacial score (nSPS) is 16.6. The van der Waals surface area contributed by atoms with E-state index in [0.29, 0.717) is 17.1 Å². The molecule has 164 valence electrons. The number of rotatable bonds is 7. The maximum Gasteiger partial charge on any atom is 0.324 e. The van der Waals surface area contributed by atoms with Crippen molar-refractivity contribution >= 4 is 44.9 Å². The van der Waals surface area contributed by atoms with Gasteiger partial charge in [0.25, 0.3) is 11.6 Å². The molecule has 1 atom stereocenters. The van der Waals surface area contributed by atoms with Gasteiger partial charge in [-0.1, -0.05) is 11.6 Å². The van der Waals surface area contributed by atoms with Gasteiger partial charge < -0.3 is 10.1 Å². The molecular weight excluding hydrogens is 450 g/mol. The van der Waals surface area contributed by atoms with Crippen LogP contribution in [-0.2, 0) is 24.3 Å². The van der Waals surface area contributed by atoms with Crippen LogP contribution < -0.4 is 5.32 Å². The Kier molecular flexibility index (Phi) is 6.88. The van der Waals surface area contributed by atoms with Crippen LogP contribution in [-0.4, -0.2) is 48.7 Å². The molecule has 0 aromatic heterocycles. The summed E-state index contributed by atoms with van der Waals surface area (Å²) in [6.45, 7) is -0.471. The first kappa shape index (κ1) is 22.7. The molecule has 0 aliphatic carbocycles. The molecule has 1 unspecified atom stereocenters. The summed E-state index contributed by atoms with van der Waals surface area (Å²) in [4.78, 5) is 34.6. The van der Waals surface area contributed by atoms with Crippen molar-refractivity contribution in [3.8, 4) is 0 Å². The van der Waals surface area contributed by atoms with E-state index >= 15 is 0 Å². The third-order valence-electron chi connectivity index (χ3n) is 4.60. The molecule has 10 nitrogen and oxygen atoms in total. The SMILES string of the molecule is O=C(COC(=O)C1CCCN1S(=O)(=O)c1ccc(Cl)cc1)Nc1ccc([N+](=O)[O-])cc1. The molecule has 12 heteroatoms. The van der Waals surface area contributed by atoms with Gasteiger partial charge in [-0.3, -0.25) is 19.7 Å². The number of carbonyl (C=O) groups excluding carboxylic acids is 2. The molecule has 0 saturated carbocycles.